The van der Waals surface area contributed by atoms with Crippen LogP contribution in [0, 0.1) is 5.92 Å². The van der Waals surface area contributed by atoms with E-state index < -0.39 is 48.0 Å². The van der Waals surface area contributed by atoms with E-state index in [9.17, 15) is 29.1 Å². The number of carbonyl (C=O) groups excluding carboxylic acids is 3. The second-order valence-corrected chi connectivity index (χ2v) is 9.45. The number of aliphatic hydroxyl groups excluding tert-OH is 1. The highest BCUT2D eigenvalue weighted by Crippen LogP contribution is 2.40. The Bertz CT molecular complexity index is 905. The lowest BCUT2D eigenvalue weighted by molar-refractivity contribution is -0.151. The van der Waals surface area contributed by atoms with E-state index in [0.29, 0.717) is 18.6 Å². The van der Waals surface area contributed by atoms with Crippen LogP contribution in [0.1, 0.15) is 45.4 Å². The molecule has 2 aliphatic rings. The van der Waals surface area contributed by atoms with Crippen molar-refractivity contribution in [2.45, 2.75) is 69.0 Å². The number of cyclic esters (lactones) is 1. The molecule has 7 N–H and O–H groups in total. The normalized spacial score (nSPS) is 20.3. The van der Waals surface area contributed by atoms with Crippen LogP contribution in [0.3, 0.4) is 0 Å². The van der Waals surface area contributed by atoms with Gasteiger partial charge >= 0.3 is 17.9 Å². The number of hydrogen-bond donors (Lipinski definition) is 6. The maximum atomic E-state index is 12.6. The van der Waals surface area contributed by atoms with Crippen molar-refractivity contribution < 1.29 is 44.0 Å². The third-order valence-corrected chi connectivity index (χ3v) is 6.91. The fourth-order valence-electron chi connectivity index (χ4n) is 3.67. The first kappa shape index (κ1) is 28.3. The Hall–Kier alpha value is -2.90. The van der Waals surface area contributed by atoms with Gasteiger partial charge in [-0.25, -0.2) is 4.79 Å². The number of ether oxygens (including phenoxy) is 1. The summed E-state index contributed by atoms with van der Waals surface area (Å²) in [5, 5.41) is 31.3. The minimum absolute atomic E-state index is 0.0194. The molecule has 2 amide bonds. The van der Waals surface area contributed by atoms with E-state index in [1.165, 1.54) is 11.8 Å². The molecule has 0 saturated heterocycles. The number of nitrogens with two attached hydrogens (primary N) is 1. The number of allylic oxidation sites excluding steroid dienone is 1. The van der Waals surface area contributed by atoms with Gasteiger partial charge in [0.1, 0.15) is 17.8 Å². The number of aliphatic carboxylic acids is 2. The average Bonchev–Trinajstić information content (AvgIpc) is 3.15. The molecule has 1 aliphatic heterocycles. The van der Waals surface area contributed by atoms with Crippen LogP contribution in [-0.2, 0) is 28.7 Å². The second kappa shape index (κ2) is 13.3. The van der Waals surface area contributed by atoms with Crippen molar-refractivity contribution in [3.8, 4) is 0 Å². The predicted octanol–water partition coefficient (Wildman–Crippen LogP) is -0.138. The van der Waals surface area contributed by atoms with Gasteiger partial charge in [-0.15, -0.1) is 11.8 Å². The molecule has 0 saturated carbocycles. The highest BCUT2D eigenvalue weighted by molar-refractivity contribution is 8.00. The zero-order chi connectivity index (χ0) is 26.1. The monoisotopic (exact) mass is 513 g/mol. The molecule has 13 heteroatoms. The van der Waals surface area contributed by atoms with Crippen LogP contribution < -0.4 is 16.4 Å². The SMILES string of the molecule is CCC[C@@H](SC[C@H](NC(=O)CC[C@H](N)C(=O)O)C(=O)N[C@@H](O)C(=O)O)C1=C2CCC=C[C@H]2C(=O)O1. The summed E-state index contributed by atoms with van der Waals surface area (Å²) in [4.78, 5) is 59.1. The third kappa shape index (κ3) is 8.08. The molecule has 0 aromatic rings. The molecule has 0 fully saturated rings. The fourth-order valence-corrected chi connectivity index (χ4v) is 5.08. The zero-order valence-corrected chi connectivity index (χ0v) is 20.1. The maximum Gasteiger partial charge on any atom is 0.353 e. The Kier molecular flexibility index (Phi) is 10.7. The van der Waals surface area contributed by atoms with Crippen LogP contribution in [0.15, 0.2) is 23.5 Å². The Labute approximate surface area is 206 Å². The number of carboxylic acids is 2. The van der Waals surface area contributed by atoms with Crippen LogP contribution in [0.25, 0.3) is 0 Å². The number of amides is 2. The summed E-state index contributed by atoms with van der Waals surface area (Å²) < 4.78 is 5.57. The van der Waals surface area contributed by atoms with Gasteiger partial charge < -0.3 is 36.4 Å². The lowest BCUT2D eigenvalue weighted by Gasteiger charge is -2.23. The molecule has 0 unspecified atom stereocenters. The number of carbonyl (C=O) groups is 5. The van der Waals surface area contributed by atoms with Crippen molar-refractivity contribution in [3.63, 3.8) is 0 Å². The van der Waals surface area contributed by atoms with Gasteiger partial charge in [-0.05, 0) is 31.3 Å². The van der Waals surface area contributed by atoms with Crippen LogP contribution in [-0.4, -0.2) is 74.4 Å². The molecule has 194 valence electrons. The summed E-state index contributed by atoms with van der Waals surface area (Å²) in [6.07, 6.45) is 3.96. The summed E-state index contributed by atoms with van der Waals surface area (Å²) in [5.41, 5.74) is 6.31. The van der Waals surface area contributed by atoms with Crippen LogP contribution in [0.4, 0.5) is 0 Å². The van der Waals surface area contributed by atoms with Crippen LogP contribution >= 0.6 is 11.8 Å². The van der Waals surface area contributed by atoms with Crippen LogP contribution in [0.2, 0.25) is 0 Å². The summed E-state index contributed by atoms with van der Waals surface area (Å²) in [6.45, 7) is 1.95. The number of aliphatic hydroxyl groups is 1. The topological polar surface area (TPSA) is 205 Å². The summed E-state index contributed by atoms with van der Waals surface area (Å²) >= 11 is 1.26. The van der Waals surface area contributed by atoms with Gasteiger partial charge in [0.15, 0.2) is 0 Å². The van der Waals surface area contributed by atoms with E-state index in [0.717, 1.165) is 18.4 Å². The zero-order valence-electron chi connectivity index (χ0n) is 19.3. The lowest BCUT2D eigenvalue weighted by Crippen LogP contribution is -2.53. The number of rotatable bonds is 14. The molecule has 0 bridgehead atoms. The first-order valence-corrected chi connectivity index (χ1v) is 12.3. The van der Waals surface area contributed by atoms with E-state index in [4.69, 9.17) is 20.7 Å². The summed E-state index contributed by atoms with van der Waals surface area (Å²) in [5.74, 6) is -4.77. The molecule has 0 aromatic heterocycles. The molecule has 0 aromatic carbocycles. The minimum atomic E-state index is -2.17. The largest absolute Gasteiger partial charge is 0.480 e. The standard InChI is InChI=1S/C22H31N3O9S/c1-2-5-15(17-11-6-3-4-7-12(11)22(33)34-17)35-10-14(18(27)25-19(28)21(31)32)24-16(26)9-8-13(23)20(29)30/h4,7,12-15,19,28H,2-3,5-6,8-10,23H2,1H3,(H,24,26)(H,25,27)(H,29,30)(H,31,32)/t12-,13+,14+,15-,19+/m1/s1. The van der Waals surface area contributed by atoms with E-state index in [1.54, 1.807) is 0 Å². The highest BCUT2D eigenvalue weighted by atomic mass is 32.2. The first-order valence-electron chi connectivity index (χ1n) is 11.3. The van der Waals surface area contributed by atoms with Gasteiger partial charge in [-0.3, -0.25) is 19.2 Å². The van der Waals surface area contributed by atoms with Crippen molar-refractivity contribution in [3.05, 3.63) is 23.5 Å². The van der Waals surface area contributed by atoms with Crippen molar-refractivity contribution >= 4 is 41.5 Å². The Morgan fingerprint density at radius 3 is 2.54 bits per heavy atom. The lowest BCUT2D eigenvalue weighted by atomic mass is 9.90. The van der Waals surface area contributed by atoms with Gasteiger partial charge in [0.25, 0.3) is 0 Å². The Morgan fingerprint density at radius 2 is 1.91 bits per heavy atom. The molecule has 0 radical (unpaired) electrons. The number of fused-ring (bicyclic) bond motifs is 1. The van der Waals surface area contributed by atoms with Crippen molar-refractivity contribution in [2.24, 2.45) is 11.7 Å². The number of hydrogen-bond acceptors (Lipinski definition) is 9. The van der Waals surface area contributed by atoms with E-state index in [-0.39, 0.29) is 29.8 Å². The fraction of sp³-hybridized carbons (Fsp3) is 0.591. The maximum absolute atomic E-state index is 12.6. The smallest absolute Gasteiger partial charge is 0.353 e. The summed E-state index contributed by atoms with van der Waals surface area (Å²) in [7, 11) is 0. The quantitative estimate of drug-likeness (QED) is 0.102. The number of nitrogens with one attached hydrogen (secondary N) is 2. The molecular formula is C22H31N3O9S. The molecule has 2 rings (SSSR count). The third-order valence-electron chi connectivity index (χ3n) is 5.54. The molecule has 1 aliphatic carbocycles. The molecule has 5 atom stereocenters. The molecule has 35 heavy (non-hydrogen) atoms. The van der Waals surface area contributed by atoms with Gasteiger partial charge in [0.05, 0.1) is 11.2 Å². The first-order chi connectivity index (χ1) is 16.5. The van der Waals surface area contributed by atoms with Gasteiger partial charge in [-0.1, -0.05) is 25.5 Å². The summed E-state index contributed by atoms with van der Waals surface area (Å²) in [6, 6.07) is -2.50. The van der Waals surface area contributed by atoms with Crippen molar-refractivity contribution in [1.29, 1.82) is 0 Å². The van der Waals surface area contributed by atoms with E-state index in [2.05, 4.69) is 5.32 Å². The van der Waals surface area contributed by atoms with Gasteiger partial charge in [0, 0.05) is 12.2 Å². The van der Waals surface area contributed by atoms with E-state index in [1.807, 2.05) is 24.4 Å². The predicted molar refractivity (Wildman–Crippen MR) is 125 cm³/mol. The number of carboxylic acid groups (broad SMARTS) is 2. The van der Waals surface area contributed by atoms with E-state index >= 15 is 0 Å². The highest BCUT2D eigenvalue weighted by Gasteiger charge is 2.38. The molecule has 1 heterocycles. The van der Waals surface area contributed by atoms with Crippen LogP contribution in [0.5, 0.6) is 0 Å². The Balaban J connectivity index is 2.14. The Morgan fingerprint density at radius 1 is 1.20 bits per heavy atom. The van der Waals surface area contributed by atoms with Gasteiger partial charge in [-0.2, -0.15) is 0 Å². The minimum Gasteiger partial charge on any atom is -0.480 e. The molecule has 0 spiro atoms. The number of thioether (sulfide) groups is 1. The second-order valence-electron chi connectivity index (χ2n) is 8.22. The van der Waals surface area contributed by atoms with Crippen molar-refractivity contribution in [2.75, 3.05) is 5.75 Å². The van der Waals surface area contributed by atoms with Gasteiger partial charge in [0.2, 0.25) is 18.0 Å². The molecular weight excluding hydrogens is 482 g/mol. The number of esters is 1. The molecule has 12 nitrogen and oxygen atoms in total. The average molecular weight is 514 g/mol. The van der Waals surface area contributed by atoms with Crippen molar-refractivity contribution in [1.82, 2.24) is 10.6 Å².